The highest BCUT2D eigenvalue weighted by Gasteiger charge is 2.60. The Morgan fingerprint density at radius 1 is 1.37 bits per heavy atom. The Bertz CT molecular complexity index is 1030. The molecule has 1 aromatic heterocycles. The van der Waals surface area contributed by atoms with Crippen LogP contribution in [-0.4, -0.2) is 57.9 Å². The van der Waals surface area contributed by atoms with Gasteiger partial charge in [-0.25, -0.2) is 9.78 Å². The Morgan fingerprint density at radius 2 is 2.10 bits per heavy atom. The number of piperidine rings is 1. The van der Waals surface area contributed by atoms with Gasteiger partial charge in [-0.2, -0.15) is 4.37 Å². The van der Waals surface area contributed by atoms with Crippen molar-refractivity contribution in [3.63, 3.8) is 0 Å². The molecular weight excluding hydrogens is 404 g/mol. The molecule has 1 saturated heterocycles. The Balaban J connectivity index is 1.19. The number of aliphatic hydroxyl groups is 1. The first-order chi connectivity index (χ1) is 14.3. The van der Waals surface area contributed by atoms with Crippen LogP contribution in [0, 0.1) is 31.6 Å². The molecule has 30 heavy (non-hydrogen) atoms. The van der Waals surface area contributed by atoms with E-state index < -0.39 is 6.10 Å². The third-order valence-electron chi connectivity index (χ3n) is 6.69. The first-order valence-corrected chi connectivity index (χ1v) is 10.9. The van der Waals surface area contributed by atoms with Gasteiger partial charge in [-0.3, -0.25) is 14.6 Å². The maximum Gasteiger partial charge on any atom is 0.338 e. The molecule has 3 atom stereocenters. The van der Waals surface area contributed by atoms with Crippen LogP contribution in [0.25, 0.3) is 0 Å². The molecule has 2 unspecified atom stereocenters. The number of cyclic esters (lactones) is 1. The summed E-state index contributed by atoms with van der Waals surface area (Å²) in [6.45, 7) is 6.18. The van der Waals surface area contributed by atoms with E-state index in [1.165, 1.54) is 11.5 Å². The van der Waals surface area contributed by atoms with Gasteiger partial charge in [0, 0.05) is 49.7 Å². The highest BCUT2D eigenvalue weighted by Crippen LogP contribution is 2.53. The van der Waals surface area contributed by atoms with Crippen molar-refractivity contribution >= 4 is 28.5 Å². The van der Waals surface area contributed by atoms with Crippen molar-refractivity contribution in [3.05, 3.63) is 40.2 Å². The smallest absolute Gasteiger partial charge is 0.338 e. The van der Waals surface area contributed by atoms with E-state index in [-0.39, 0.29) is 24.4 Å². The van der Waals surface area contributed by atoms with Crippen molar-refractivity contribution in [2.45, 2.75) is 26.6 Å². The summed E-state index contributed by atoms with van der Waals surface area (Å²) in [5.41, 5.74) is 3.24. The summed E-state index contributed by atoms with van der Waals surface area (Å²) in [4.78, 5) is 32.7. The molecule has 5 rings (SSSR count). The summed E-state index contributed by atoms with van der Waals surface area (Å²) in [7, 11) is 1.77. The first-order valence-electron chi connectivity index (χ1n) is 10.1. The molecule has 0 radical (unpaired) electrons. The minimum Gasteiger partial charge on any atom is -0.457 e. The molecular formula is C21H24N4O4S. The van der Waals surface area contributed by atoms with Crippen molar-refractivity contribution in [1.82, 2.24) is 14.3 Å². The van der Waals surface area contributed by atoms with Gasteiger partial charge in [0.05, 0.1) is 11.7 Å². The molecule has 0 spiro atoms. The van der Waals surface area contributed by atoms with Gasteiger partial charge in [-0.1, -0.05) is 6.07 Å². The SMILES string of the molecule is Cc1nsc(N(C)C(=O)C2C3CN(C[C@H](O)c4ccc5c(c4C)COC5=O)CC32)n1. The number of aryl methyl sites for hydroxylation is 1. The third-order valence-corrected chi connectivity index (χ3v) is 7.57. The van der Waals surface area contributed by atoms with Crippen LogP contribution in [0.4, 0.5) is 5.13 Å². The molecule has 3 heterocycles. The number of likely N-dealkylation sites (tertiary alicyclic amines) is 1. The lowest BCUT2D eigenvalue weighted by Crippen LogP contribution is -2.35. The quantitative estimate of drug-likeness (QED) is 0.724. The number of β-amino-alcohol motifs (C(OH)–C–C–N with tert-alkyl or cyclic N) is 1. The van der Waals surface area contributed by atoms with Crippen molar-refractivity contribution in [1.29, 1.82) is 0 Å². The number of carbonyl (C=O) groups excluding carboxylic acids is 2. The molecule has 1 aliphatic carbocycles. The molecule has 8 nitrogen and oxygen atoms in total. The second kappa shape index (κ2) is 7.11. The molecule has 1 saturated carbocycles. The van der Waals surface area contributed by atoms with E-state index in [9.17, 15) is 14.7 Å². The summed E-state index contributed by atoms with van der Waals surface area (Å²) < 4.78 is 9.26. The Hall–Kier alpha value is -2.36. The van der Waals surface area contributed by atoms with Crippen molar-refractivity contribution < 1.29 is 19.4 Å². The van der Waals surface area contributed by atoms with Crippen LogP contribution in [-0.2, 0) is 16.1 Å². The zero-order valence-electron chi connectivity index (χ0n) is 17.2. The first kappa shape index (κ1) is 19.6. The number of benzene rings is 1. The molecule has 1 N–H and O–H groups in total. The highest BCUT2D eigenvalue weighted by molar-refractivity contribution is 7.09. The van der Waals surface area contributed by atoms with Crippen molar-refractivity contribution in [2.24, 2.45) is 17.8 Å². The fourth-order valence-corrected chi connectivity index (χ4v) is 5.58. The van der Waals surface area contributed by atoms with Crippen LogP contribution in [0.1, 0.15) is 39.0 Å². The predicted octanol–water partition coefficient (Wildman–Crippen LogP) is 1.70. The number of amides is 1. The molecule has 3 aliphatic rings. The van der Waals surface area contributed by atoms with E-state index in [0.29, 0.717) is 34.9 Å². The number of esters is 1. The standard InChI is InChI=1S/C21H24N4O4S/c1-10-12(4-5-13-16(10)9-29-20(13)28)17(26)8-25-6-14-15(7-25)18(14)19(27)24(3)21-22-11(2)23-30-21/h4-5,14-15,17-18,26H,6-9H2,1-3H3/t14?,15?,17-,18?/m0/s1. The average Bonchev–Trinajstić information content (AvgIpc) is 3.09. The Kier molecular flexibility index (Phi) is 4.64. The largest absolute Gasteiger partial charge is 0.457 e. The van der Waals surface area contributed by atoms with E-state index >= 15 is 0 Å². The predicted molar refractivity (Wildman–Crippen MR) is 110 cm³/mol. The monoisotopic (exact) mass is 428 g/mol. The van der Waals surface area contributed by atoms with E-state index in [1.54, 1.807) is 18.0 Å². The minimum absolute atomic E-state index is 0.0393. The minimum atomic E-state index is -0.635. The number of carbonyl (C=O) groups is 2. The topological polar surface area (TPSA) is 95.9 Å². The van der Waals surface area contributed by atoms with E-state index in [2.05, 4.69) is 14.3 Å². The van der Waals surface area contributed by atoms with Gasteiger partial charge in [-0.15, -0.1) is 0 Å². The zero-order chi connectivity index (χ0) is 21.2. The van der Waals surface area contributed by atoms with Crippen LogP contribution < -0.4 is 4.90 Å². The summed E-state index contributed by atoms with van der Waals surface area (Å²) >= 11 is 1.25. The van der Waals surface area contributed by atoms with Crippen molar-refractivity contribution in [3.8, 4) is 0 Å². The van der Waals surface area contributed by atoms with E-state index in [4.69, 9.17) is 4.74 Å². The maximum absolute atomic E-state index is 12.8. The Morgan fingerprint density at radius 3 is 2.77 bits per heavy atom. The molecule has 1 amide bonds. The van der Waals surface area contributed by atoms with Gasteiger partial charge in [0.15, 0.2) is 0 Å². The third kappa shape index (κ3) is 3.12. The van der Waals surface area contributed by atoms with Crippen molar-refractivity contribution in [2.75, 3.05) is 31.6 Å². The Labute approximate surface area is 178 Å². The second-order valence-corrected chi connectivity index (χ2v) is 9.22. The van der Waals surface area contributed by atoms with Crippen LogP contribution in [0.15, 0.2) is 12.1 Å². The van der Waals surface area contributed by atoms with Crippen LogP contribution in [0.2, 0.25) is 0 Å². The zero-order valence-corrected chi connectivity index (χ0v) is 18.0. The van der Waals surface area contributed by atoms with Gasteiger partial charge < -0.3 is 9.84 Å². The summed E-state index contributed by atoms with van der Waals surface area (Å²) in [6, 6.07) is 3.57. The highest BCUT2D eigenvalue weighted by atomic mass is 32.1. The fraction of sp³-hybridized carbons (Fsp3) is 0.524. The average molecular weight is 429 g/mol. The molecule has 0 bridgehead atoms. The number of aromatic nitrogens is 2. The maximum atomic E-state index is 12.8. The number of rotatable bonds is 5. The number of aliphatic hydroxyl groups excluding tert-OH is 1. The van der Waals surface area contributed by atoms with Gasteiger partial charge in [0.1, 0.15) is 12.4 Å². The number of hydrogen-bond donors (Lipinski definition) is 1. The van der Waals surface area contributed by atoms with Crippen LogP contribution >= 0.6 is 11.5 Å². The number of ether oxygens (including phenoxy) is 1. The molecule has 2 aromatic rings. The number of fused-ring (bicyclic) bond motifs is 2. The molecule has 2 fully saturated rings. The second-order valence-electron chi connectivity index (χ2n) is 8.49. The molecule has 1 aromatic carbocycles. The summed E-state index contributed by atoms with van der Waals surface area (Å²) in [5, 5.41) is 11.5. The molecule has 9 heteroatoms. The lowest BCUT2D eigenvalue weighted by molar-refractivity contribution is -0.120. The lowest BCUT2D eigenvalue weighted by atomic mass is 9.95. The molecule has 2 aliphatic heterocycles. The van der Waals surface area contributed by atoms with E-state index in [1.807, 2.05) is 19.9 Å². The van der Waals surface area contributed by atoms with E-state index in [0.717, 1.165) is 29.8 Å². The summed E-state index contributed by atoms with van der Waals surface area (Å²) in [5.74, 6) is 1.22. The van der Waals surface area contributed by atoms with Crippen LogP contribution in [0.3, 0.4) is 0 Å². The van der Waals surface area contributed by atoms with Gasteiger partial charge in [-0.05, 0) is 42.9 Å². The number of nitrogens with zero attached hydrogens (tertiary/aromatic N) is 4. The lowest BCUT2D eigenvalue weighted by Gasteiger charge is -2.24. The fourth-order valence-electron chi connectivity index (χ4n) is 4.94. The number of anilines is 1. The molecule has 158 valence electrons. The van der Waals surface area contributed by atoms with Gasteiger partial charge in [0.25, 0.3) is 0 Å². The summed E-state index contributed by atoms with van der Waals surface area (Å²) in [6.07, 6.45) is -0.635. The van der Waals surface area contributed by atoms with Gasteiger partial charge in [0.2, 0.25) is 11.0 Å². The number of hydrogen-bond acceptors (Lipinski definition) is 8. The van der Waals surface area contributed by atoms with Gasteiger partial charge >= 0.3 is 5.97 Å². The normalized spacial score (nSPS) is 25.6. The van der Waals surface area contributed by atoms with Crippen LogP contribution in [0.5, 0.6) is 0 Å².